The van der Waals surface area contributed by atoms with Crippen molar-refractivity contribution in [2.75, 3.05) is 45.0 Å². The molecule has 1 N–H and O–H groups in total. The van der Waals surface area contributed by atoms with Crippen molar-refractivity contribution in [3.63, 3.8) is 0 Å². The van der Waals surface area contributed by atoms with Crippen molar-refractivity contribution in [2.45, 2.75) is 46.1 Å². The molecular weight excluding hydrogens is 580 g/mol. The van der Waals surface area contributed by atoms with Gasteiger partial charge in [0.05, 0.1) is 20.3 Å². The average molecular weight is 623 g/mol. The first-order chi connectivity index (χ1) is 21.9. The van der Waals surface area contributed by atoms with Crippen LogP contribution in [-0.4, -0.2) is 70.4 Å². The van der Waals surface area contributed by atoms with Crippen LogP contribution in [0.3, 0.4) is 0 Å². The topological polar surface area (TPSA) is 122 Å². The molecule has 0 saturated heterocycles. The number of rotatable bonds is 18. The van der Waals surface area contributed by atoms with Gasteiger partial charge in [0.2, 0.25) is 5.91 Å². The van der Waals surface area contributed by atoms with Crippen molar-refractivity contribution >= 4 is 23.7 Å². The molecule has 242 valence electrons. The molecule has 11 nitrogen and oxygen atoms in total. The molecule has 3 rings (SSSR count). The Labute approximate surface area is 264 Å². The number of carbonyl (C=O) groups is 3. The van der Waals surface area contributed by atoms with Gasteiger partial charge in [0, 0.05) is 25.3 Å². The number of amides is 2. The molecule has 0 bridgehead atoms. The van der Waals surface area contributed by atoms with E-state index in [1.807, 2.05) is 56.3 Å². The average Bonchev–Trinajstić information content (AvgIpc) is 3.06. The summed E-state index contributed by atoms with van der Waals surface area (Å²) in [6, 6.07) is 22.2. The summed E-state index contributed by atoms with van der Waals surface area (Å²) in [6.45, 7) is 6.23. The zero-order valence-electron chi connectivity index (χ0n) is 26.2. The van der Waals surface area contributed by atoms with Crippen LogP contribution in [0.2, 0.25) is 0 Å². The van der Waals surface area contributed by atoms with Crippen LogP contribution in [0.1, 0.15) is 31.9 Å². The second-order valence-electron chi connectivity index (χ2n) is 9.69. The van der Waals surface area contributed by atoms with E-state index in [1.54, 1.807) is 50.4 Å². The van der Waals surface area contributed by atoms with E-state index in [0.29, 0.717) is 30.4 Å². The molecule has 0 aliphatic rings. The number of hydrogen-bond donors (Lipinski definition) is 1. The predicted octanol–water partition coefficient (Wildman–Crippen LogP) is 4.91. The maximum Gasteiger partial charge on any atom is 0.408 e. The van der Waals surface area contributed by atoms with Crippen LogP contribution in [0.15, 0.2) is 78.9 Å². The highest BCUT2D eigenvalue weighted by Gasteiger charge is 2.30. The summed E-state index contributed by atoms with van der Waals surface area (Å²) in [6.07, 6.45) is -1.29. The predicted molar refractivity (Wildman–Crippen MR) is 168 cm³/mol. The number of hydrogen-bond acceptors (Lipinski definition) is 9. The van der Waals surface area contributed by atoms with Gasteiger partial charge in [0.1, 0.15) is 24.1 Å². The highest BCUT2D eigenvalue weighted by molar-refractivity contribution is 5.99. The van der Waals surface area contributed by atoms with Crippen molar-refractivity contribution in [3.05, 3.63) is 90.0 Å². The van der Waals surface area contributed by atoms with Gasteiger partial charge in [-0.15, -0.1) is 0 Å². The van der Waals surface area contributed by atoms with Crippen LogP contribution in [0.4, 0.5) is 10.5 Å². The molecule has 11 heteroatoms. The Morgan fingerprint density at radius 3 is 2.00 bits per heavy atom. The molecule has 0 saturated carbocycles. The number of ether oxygens (including phenoxy) is 6. The quantitative estimate of drug-likeness (QED) is 0.156. The smallest absolute Gasteiger partial charge is 0.408 e. The van der Waals surface area contributed by atoms with Crippen LogP contribution >= 0.6 is 0 Å². The molecule has 0 radical (unpaired) electrons. The molecule has 0 aliphatic heterocycles. The lowest BCUT2D eigenvalue weighted by Gasteiger charge is -2.31. The molecule has 0 unspecified atom stereocenters. The van der Waals surface area contributed by atoms with Gasteiger partial charge >= 0.3 is 12.1 Å². The lowest BCUT2D eigenvalue weighted by atomic mass is 10.0. The summed E-state index contributed by atoms with van der Waals surface area (Å²) >= 11 is 0. The Morgan fingerprint density at radius 1 is 0.756 bits per heavy atom. The van der Waals surface area contributed by atoms with E-state index in [9.17, 15) is 14.4 Å². The van der Waals surface area contributed by atoms with Crippen molar-refractivity contribution in [3.8, 4) is 11.5 Å². The highest BCUT2D eigenvalue weighted by atomic mass is 16.7. The number of benzene rings is 3. The molecular formula is C34H42N2O9. The SMILES string of the molecule is CCOC(=O)COc1ccc(N(CC(OCC)OCC)C(=O)[C@H](Cc2ccc(OC)cc2)NC(=O)OCc2ccccc2)cc1. The lowest BCUT2D eigenvalue weighted by molar-refractivity contribution is -0.145. The summed E-state index contributed by atoms with van der Waals surface area (Å²) in [5, 5.41) is 2.77. The van der Waals surface area contributed by atoms with E-state index >= 15 is 0 Å². The van der Waals surface area contributed by atoms with Crippen LogP contribution in [0, 0.1) is 0 Å². The maximum atomic E-state index is 14.3. The van der Waals surface area contributed by atoms with Crippen LogP contribution in [0.5, 0.6) is 11.5 Å². The minimum Gasteiger partial charge on any atom is -0.497 e. The van der Waals surface area contributed by atoms with Gasteiger partial charge in [0.25, 0.3) is 0 Å². The third kappa shape index (κ3) is 11.8. The Balaban J connectivity index is 1.88. The Morgan fingerprint density at radius 2 is 1.40 bits per heavy atom. The van der Waals surface area contributed by atoms with Crippen LogP contribution in [-0.2, 0) is 41.6 Å². The molecule has 0 aromatic heterocycles. The number of alkyl carbamates (subject to hydrolysis) is 1. The number of methoxy groups -OCH3 is 1. The van der Waals surface area contributed by atoms with Crippen molar-refractivity contribution < 1.29 is 42.8 Å². The summed E-state index contributed by atoms with van der Waals surface area (Å²) in [5.41, 5.74) is 2.12. The molecule has 45 heavy (non-hydrogen) atoms. The highest BCUT2D eigenvalue weighted by Crippen LogP contribution is 2.23. The monoisotopic (exact) mass is 622 g/mol. The number of nitrogens with one attached hydrogen (secondary N) is 1. The van der Waals surface area contributed by atoms with Crippen LogP contribution in [0.25, 0.3) is 0 Å². The largest absolute Gasteiger partial charge is 0.497 e. The number of esters is 1. The Hall–Kier alpha value is -4.61. The first-order valence-corrected chi connectivity index (χ1v) is 14.9. The Bertz CT molecular complexity index is 1310. The fourth-order valence-electron chi connectivity index (χ4n) is 4.36. The van der Waals surface area contributed by atoms with E-state index in [0.717, 1.165) is 11.1 Å². The zero-order valence-corrected chi connectivity index (χ0v) is 26.2. The Kier molecular flexibility index (Phi) is 14.7. The third-order valence-corrected chi connectivity index (χ3v) is 6.52. The van der Waals surface area contributed by atoms with Gasteiger partial charge in [0.15, 0.2) is 12.9 Å². The molecule has 0 heterocycles. The van der Waals surface area contributed by atoms with Gasteiger partial charge in [-0.1, -0.05) is 42.5 Å². The maximum absolute atomic E-state index is 14.3. The zero-order chi connectivity index (χ0) is 32.4. The standard InChI is InChI=1S/C34H42N2O9/c1-5-41-31(37)24-44-29-19-15-27(16-20-29)36(22-32(42-6-2)43-7-3)33(38)30(21-25-13-17-28(40-4)18-14-25)35-34(39)45-23-26-11-9-8-10-12-26/h8-20,30,32H,5-7,21-24H2,1-4H3,(H,35,39)/t30-/m0/s1. The molecule has 1 atom stereocenters. The first kappa shape index (κ1) is 34.9. The molecule has 2 amide bonds. The molecule has 3 aromatic rings. The number of anilines is 1. The van der Waals surface area contributed by atoms with Crippen molar-refractivity contribution in [2.24, 2.45) is 0 Å². The molecule has 0 fully saturated rings. The fourth-order valence-corrected chi connectivity index (χ4v) is 4.36. The van der Waals surface area contributed by atoms with Gasteiger partial charge in [-0.25, -0.2) is 9.59 Å². The van der Waals surface area contributed by atoms with E-state index in [-0.39, 0.29) is 32.8 Å². The van der Waals surface area contributed by atoms with Gasteiger partial charge in [-0.3, -0.25) is 4.79 Å². The van der Waals surface area contributed by atoms with E-state index in [1.165, 1.54) is 4.90 Å². The van der Waals surface area contributed by atoms with Gasteiger partial charge in [-0.05, 0) is 68.3 Å². The summed E-state index contributed by atoms with van der Waals surface area (Å²) in [5.74, 6) is 0.191. The fraction of sp³-hybridized carbons (Fsp3) is 0.382. The molecule has 0 spiro atoms. The van der Waals surface area contributed by atoms with E-state index < -0.39 is 30.3 Å². The normalized spacial score (nSPS) is 11.4. The summed E-state index contributed by atoms with van der Waals surface area (Å²) in [4.78, 5) is 40.5. The number of carbonyl (C=O) groups excluding carboxylic acids is 3. The van der Waals surface area contributed by atoms with Crippen LogP contribution < -0.4 is 19.7 Å². The minimum absolute atomic E-state index is 0.0450. The summed E-state index contributed by atoms with van der Waals surface area (Å²) < 4.78 is 32.7. The lowest BCUT2D eigenvalue weighted by Crippen LogP contribution is -2.52. The molecule has 0 aliphatic carbocycles. The summed E-state index contributed by atoms with van der Waals surface area (Å²) in [7, 11) is 1.57. The van der Waals surface area contributed by atoms with Gasteiger partial charge in [-0.2, -0.15) is 0 Å². The minimum atomic E-state index is -1.01. The third-order valence-electron chi connectivity index (χ3n) is 6.52. The van der Waals surface area contributed by atoms with E-state index in [2.05, 4.69) is 5.32 Å². The number of nitrogens with zero attached hydrogens (tertiary/aromatic N) is 1. The molecule has 3 aromatic carbocycles. The van der Waals surface area contributed by atoms with Crippen molar-refractivity contribution in [1.82, 2.24) is 5.32 Å². The first-order valence-electron chi connectivity index (χ1n) is 14.9. The van der Waals surface area contributed by atoms with Crippen molar-refractivity contribution in [1.29, 1.82) is 0 Å². The second-order valence-corrected chi connectivity index (χ2v) is 9.69. The van der Waals surface area contributed by atoms with E-state index in [4.69, 9.17) is 28.4 Å². The van der Waals surface area contributed by atoms with Gasteiger partial charge < -0.3 is 38.6 Å². The second kappa shape index (κ2) is 18.9.